The molecule has 0 saturated heterocycles. The Morgan fingerprint density at radius 1 is 1.12 bits per heavy atom. The smallest absolute Gasteiger partial charge is 0.413 e. The third-order valence-electron chi connectivity index (χ3n) is 3.36. The van der Waals surface area contributed by atoms with Gasteiger partial charge in [0.15, 0.2) is 5.82 Å². The SMILES string of the molecule is O=C(Nc1ccn(-c2ccc([N+](=O)[O-])cc2)n1)OCc1ccccc1. The number of ether oxygens (including phenoxy) is 1. The molecule has 3 aromatic rings. The molecule has 1 heterocycles. The summed E-state index contributed by atoms with van der Waals surface area (Å²) in [5.41, 5.74) is 1.52. The average Bonchev–Trinajstić information content (AvgIpc) is 3.09. The lowest BCUT2D eigenvalue weighted by molar-refractivity contribution is -0.384. The van der Waals surface area contributed by atoms with Gasteiger partial charge in [-0.2, -0.15) is 0 Å². The van der Waals surface area contributed by atoms with Gasteiger partial charge in [-0.1, -0.05) is 30.3 Å². The minimum atomic E-state index is -0.613. The lowest BCUT2D eigenvalue weighted by Gasteiger charge is -2.05. The molecule has 8 nitrogen and oxygen atoms in total. The molecule has 25 heavy (non-hydrogen) atoms. The summed E-state index contributed by atoms with van der Waals surface area (Å²) in [6.45, 7) is 0.162. The average molecular weight is 338 g/mol. The summed E-state index contributed by atoms with van der Waals surface area (Å²) in [6.07, 6.45) is 1.02. The summed E-state index contributed by atoms with van der Waals surface area (Å²) in [5, 5.41) is 17.4. The first-order valence-electron chi connectivity index (χ1n) is 7.40. The number of hydrogen-bond donors (Lipinski definition) is 1. The van der Waals surface area contributed by atoms with Crippen LogP contribution in [-0.2, 0) is 11.3 Å². The topological polar surface area (TPSA) is 99.3 Å². The van der Waals surface area contributed by atoms with E-state index in [0.717, 1.165) is 5.56 Å². The van der Waals surface area contributed by atoms with E-state index in [0.29, 0.717) is 11.5 Å². The van der Waals surface area contributed by atoms with Crippen LogP contribution in [-0.4, -0.2) is 20.8 Å². The monoisotopic (exact) mass is 338 g/mol. The van der Waals surface area contributed by atoms with E-state index in [9.17, 15) is 14.9 Å². The number of non-ortho nitro benzene ring substituents is 1. The molecule has 1 N–H and O–H groups in total. The van der Waals surface area contributed by atoms with Gasteiger partial charge in [-0.25, -0.2) is 9.48 Å². The summed E-state index contributed by atoms with van der Waals surface area (Å²) in [4.78, 5) is 22.0. The number of anilines is 1. The zero-order chi connectivity index (χ0) is 17.6. The number of hydrogen-bond acceptors (Lipinski definition) is 5. The molecule has 3 rings (SSSR count). The minimum Gasteiger partial charge on any atom is -0.444 e. The lowest BCUT2D eigenvalue weighted by atomic mass is 10.2. The summed E-state index contributed by atoms with van der Waals surface area (Å²) < 4.78 is 6.61. The second-order valence-electron chi connectivity index (χ2n) is 5.11. The molecule has 0 aliphatic heterocycles. The van der Waals surface area contributed by atoms with Crippen molar-refractivity contribution in [2.24, 2.45) is 0 Å². The summed E-state index contributed by atoms with van der Waals surface area (Å²) in [5.74, 6) is 0.316. The van der Waals surface area contributed by atoms with Crippen molar-refractivity contribution in [1.82, 2.24) is 9.78 Å². The Kier molecular flexibility index (Phi) is 4.70. The summed E-state index contributed by atoms with van der Waals surface area (Å²) in [7, 11) is 0. The molecule has 1 amide bonds. The molecule has 1 aromatic heterocycles. The van der Waals surface area contributed by atoms with Crippen LogP contribution in [0.5, 0.6) is 0 Å². The molecule has 0 atom stereocenters. The van der Waals surface area contributed by atoms with E-state index in [1.54, 1.807) is 24.4 Å². The number of nitro groups is 1. The van der Waals surface area contributed by atoms with Gasteiger partial charge in [0.25, 0.3) is 5.69 Å². The van der Waals surface area contributed by atoms with Crippen molar-refractivity contribution in [2.75, 3.05) is 5.32 Å². The number of amides is 1. The summed E-state index contributed by atoms with van der Waals surface area (Å²) in [6, 6.07) is 16.8. The number of carbonyl (C=O) groups is 1. The molecular weight excluding hydrogens is 324 g/mol. The van der Waals surface area contributed by atoms with Gasteiger partial charge in [0, 0.05) is 24.4 Å². The maximum absolute atomic E-state index is 11.8. The number of benzene rings is 2. The van der Waals surface area contributed by atoms with Crippen LogP contribution < -0.4 is 5.32 Å². The van der Waals surface area contributed by atoms with E-state index in [1.165, 1.54) is 16.8 Å². The van der Waals surface area contributed by atoms with Crippen molar-refractivity contribution in [2.45, 2.75) is 6.61 Å². The number of nitrogens with one attached hydrogen (secondary N) is 1. The van der Waals surface area contributed by atoms with Crippen molar-refractivity contribution >= 4 is 17.6 Å². The van der Waals surface area contributed by atoms with Gasteiger partial charge < -0.3 is 4.74 Å². The Bertz CT molecular complexity index is 875. The van der Waals surface area contributed by atoms with Crippen molar-refractivity contribution in [3.8, 4) is 5.69 Å². The molecule has 0 saturated carbocycles. The molecule has 0 aliphatic rings. The first-order valence-corrected chi connectivity index (χ1v) is 7.40. The predicted octanol–water partition coefficient (Wildman–Crippen LogP) is 3.53. The Balaban J connectivity index is 1.59. The number of rotatable bonds is 5. The highest BCUT2D eigenvalue weighted by Gasteiger charge is 2.09. The van der Waals surface area contributed by atoms with Crippen LogP contribution in [0.2, 0.25) is 0 Å². The van der Waals surface area contributed by atoms with Gasteiger partial charge in [0.1, 0.15) is 6.61 Å². The number of nitrogens with zero attached hydrogens (tertiary/aromatic N) is 3. The Labute approximate surface area is 142 Å². The normalized spacial score (nSPS) is 10.2. The molecule has 126 valence electrons. The van der Waals surface area contributed by atoms with Crippen LogP contribution in [0, 0.1) is 10.1 Å². The van der Waals surface area contributed by atoms with E-state index >= 15 is 0 Å². The molecule has 0 radical (unpaired) electrons. The first-order chi connectivity index (χ1) is 12.1. The van der Waals surface area contributed by atoms with E-state index in [-0.39, 0.29) is 12.3 Å². The first kappa shape index (κ1) is 16.2. The number of nitro benzene ring substituents is 1. The van der Waals surface area contributed by atoms with Crippen molar-refractivity contribution < 1.29 is 14.5 Å². The van der Waals surface area contributed by atoms with Crippen LogP contribution in [0.3, 0.4) is 0 Å². The zero-order valence-corrected chi connectivity index (χ0v) is 13.0. The molecule has 0 bridgehead atoms. The van der Waals surface area contributed by atoms with Gasteiger partial charge in [-0.05, 0) is 17.7 Å². The van der Waals surface area contributed by atoms with Crippen molar-refractivity contribution in [3.63, 3.8) is 0 Å². The Morgan fingerprint density at radius 3 is 2.52 bits per heavy atom. The van der Waals surface area contributed by atoms with Gasteiger partial charge in [-0.3, -0.25) is 15.4 Å². The third-order valence-corrected chi connectivity index (χ3v) is 3.36. The molecule has 8 heteroatoms. The van der Waals surface area contributed by atoms with E-state index in [1.807, 2.05) is 30.3 Å². The highest BCUT2D eigenvalue weighted by molar-refractivity contribution is 5.83. The van der Waals surface area contributed by atoms with Crippen LogP contribution in [0.1, 0.15) is 5.56 Å². The molecular formula is C17H14N4O4. The molecule has 2 aromatic carbocycles. The van der Waals surface area contributed by atoms with Crippen LogP contribution in [0.25, 0.3) is 5.69 Å². The highest BCUT2D eigenvalue weighted by atomic mass is 16.6. The van der Waals surface area contributed by atoms with Gasteiger partial charge in [0.2, 0.25) is 0 Å². The quantitative estimate of drug-likeness (QED) is 0.567. The fraction of sp³-hybridized carbons (Fsp3) is 0.0588. The number of aromatic nitrogens is 2. The highest BCUT2D eigenvalue weighted by Crippen LogP contribution is 2.16. The van der Waals surface area contributed by atoms with Crippen LogP contribution >= 0.6 is 0 Å². The Hall–Kier alpha value is -3.68. The van der Waals surface area contributed by atoms with E-state index < -0.39 is 11.0 Å². The van der Waals surface area contributed by atoms with Crippen molar-refractivity contribution in [3.05, 3.63) is 82.5 Å². The predicted molar refractivity (Wildman–Crippen MR) is 90.5 cm³/mol. The van der Waals surface area contributed by atoms with Gasteiger partial charge in [0.05, 0.1) is 10.6 Å². The van der Waals surface area contributed by atoms with E-state index in [4.69, 9.17) is 4.74 Å². The zero-order valence-electron chi connectivity index (χ0n) is 13.0. The summed E-state index contributed by atoms with van der Waals surface area (Å²) >= 11 is 0. The van der Waals surface area contributed by atoms with Crippen molar-refractivity contribution in [1.29, 1.82) is 0 Å². The molecule has 0 spiro atoms. The minimum absolute atomic E-state index is 0.00116. The fourth-order valence-electron chi connectivity index (χ4n) is 2.13. The molecule has 0 unspecified atom stereocenters. The fourth-order valence-corrected chi connectivity index (χ4v) is 2.13. The Morgan fingerprint density at radius 2 is 1.84 bits per heavy atom. The maximum atomic E-state index is 11.8. The third kappa shape index (κ3) is 4.20. The lowest BCUT2D eigenvalue weighted by Crippen LogP contribution is -2.14. The van der Waals surface area contributed by atoms with Crippen LogP contribution in [0.15, 0.2) is 66.9 Å². The molecule has 0 fully saturated rings. The number of carbonyl (C=O) groups excluding carboxylic acids is 1. The maximum Gasteiger partial charge on any atom is 0.413 e. The molecule has 0 aliphatic carbocycles. The van der Waals surface area contributed by atoms with Crippen LogP contribution in [0.4, 0.5) is 16.3 Å². The van der Waals surface area contributed by atoms with Gasteiger partial charge >= 0.3 is 6.09 Å². The largest absolute Gasteiger partial charge is 0.444 e. The second-order valence-corrected chi connectivity index (χ2v) is 5.11. The van der Waals surface area contributed by atoms with Gasteiger partial charge in [-0.15, -0.1) is 5.10 Å². The standard InChI is InChI=1S/C17H14N4O4/c22-17(25-12-13-4-2-1-3-5-13)18-16-10-11-20(19-16)14-6-8-15(9-7-14)21(23)24/h1-11H,12H2,(H,18,19,22). The van der Waals surface area contributed by atoms with E-state index in [2.05, 4.69) is 10.4 Å². The second kappa shape index (κ2) is 7.26.